The molecule has 0 radical (unpaired) electrons. The number of carbonyl (C=O) groups is 1. The number of aliphatic hydroxyl groups is 1. The maximum atomic E-state index is 12.1. The van der Waals surface area contributed by atoms with Crippen molar-refractivity contribution in [3.63, 3.8) is 0 Å². The van der Waals surface area contributed by atoms with Gasteiger partial charge in [0.2, 0.25) is 4.77 Å². The summed E-state index contributed by atoms with van der Waals surface area (Å²) in [7, 11) is 0. The molecule has 0 spiro atoms. The van der Waals surface area contributed by atoms with Gasteiger partial charge in [0, 0.05) is 12.2 Å². The lowest BCUT2D eigenvalue weighted by molar-refractivity contribution is -0.900. The number of carbonyl (C=O) groups excluding carboxylic acids is 1. The van der Waals surface area contributed by atoms with Gasteiger partial charge in [0.15, 0.2) is 5.78 Å². The van der Waals surface area contributed by atoms with Crippen molar-refractivity contribution < 1.29 is 14.8 Å². The monoisotopic (exact) mass is 325 g/mol. The molecule has 22 heavy (non-hydrogen) atoms. The van der Waals surface area contributed by atoms with Crippen LogP contribution in [0.1, 0.15) is 29.9 Å². The molecule has 1 aromatic heterocycles. The Morgan fingerprint density at radius 3 is 2.55 bits per heavy atom. The van der Waals surface area contributed by atoms with Crippen molar-refractivity contribution in [3.05, 3.63) is 16.0 Å². The lowest BCUT2D eigenvalue weighted by Gasteiger charge is -2.34. The van der Waals surface area contributed by atoms with Crippen LogP contribution in [0.5, 0.6) is 0 Å². The normalized spacial score (nSPS) is 16.1. The minimum Gasteiger partial charge on any atom is -0.391 e. The number of aromatic nitrogens is 2. The van der Waals surface area contributed by atoms with Gasteiger partial charge in [-0.05, 0) is 33.0 Å². The number of nitrogens with one attached hydrogen (secondary N) is 1. The highest BCUT2D eigenvalue weighted by atomic mass is 32.1. The third-order valence-electron chi connectivity index (χ3n) is 4.33. The van der Waals surface area contributed by atoms with Crippen molar-refractivity contribution in [1.29, 1.82) is 0 Å². The van der Waals surface area contributed by atoms with E-state index in [0.29, 0.717) is 16.9 Å². The summed E-state index contributed by atoms with van der Waals surface area (Å²) in [4.78, 5) is 20.2. The van der Waals surface area contributed by atoms with Crippen molar-refractivity contribution >= 4 is 23.8 Å². The summed E-state index contributed by atoms with van der Waals surface area (Å²) in [5, 5.41) is 9.04. The van der Waals surface area contributed by atoms with E-state index in [1.54, 1.807) is 6.92 Å². The quantitative estimate of drug-likeness (QED) is 0.582. The molecule has 7 heteroatoms. The van der Waals surface area contributed by atoms with Crippen LogP contribution in [0.2, 0.25) is 0 Å². The van der Waals surface area contributed by atoms with E-state index < -0.39 is 0 Å². The van der Waals surface area contributed by atoms with Gasteiger partial charge < -0.3 is 19.5 Å². The first kappa shape index (κ1) is 17.1. The number of nitrogens with zero attached hydrogens (tertiary/aromatic N) is 3. The summed E-state index contributed by atoms with van der Waals surface area (Å²) in [5.74, 6) is 0.755. The number of quaternary nitrogens is 1. The minimum atomic E-state index is 0.0299. The number of piperazine rings is 1. The molecule has 2 N–H and O–H groups in total. The molecule has 1 fully saturated rings. The van der Waals surface area contributed by atoms with Crippen molar-refractivity contribution in [2.45, 2.75) is 27.3 Å². The Morgan fingerprint density at radius 1 is 1.41 bits per heavy atom. The summed E-state index contributed by atoms with van der Waals surface area (Å²) in [6.45, 7) is 10.8. The van der Waals surface area contributed by atoms with Crippen molar-refractivity contribution in [1.82, 2.24) is 9.55 Å². The third-order valence-corrected chi connectivity index (χ3v) is 4.64. The van der Waals surface area contributed by atoms with Crippen LogP contribution in [0.25, 0.3) is 0 Å². The van der Waals surface area contributed by atoms with Crippen LogP contribution >= 0.6 is 12.2 Å². The lowest BCUT2D eigenvalue weighted by Crippen LogP contribution is -3.15. The van der Waals surface area contributed by atoms with Crippen LogP contribution in [0.3, 0.4) is 0 Å². The van der Waals surface area contributed by atoms with Crippen LogP contribution in [-0.2, 0) is 6.54 Å². The lowest BCUT2D eigenvalue weighted by atomic mass is 10.1. The molecule has 2 rings (SSSR count). The Labute approximate surface area is 136 Å². The van der Waals surface area contributed by atoms with E-state index in [2.05, 4.69) is 9.88 Å². The van der Waals surface area contributed by atoms with Gasteiger partial charge in [0.1, 0.15) is 12.4 Å². The molecule has 0 atom stereocenters. The van der Waals surface area contributed by atoms with Crippen molar-refractivity contribution in [2.24, 2.45) is 0 Å². The topological polar surface area (TPSA) is 62.8 Å². The van der Waals surface area contributed by atoms with E-state index in [0.717, 1.165) is 44.2 Å². The van der Waals surface area contributed by atoms with Crippen LogP contribution in [0, 0.1) is 11.7 Å². The number of anilines is 1. The van der Waals surface area contributed by atoms with Gasteiger partial charge in [-0.2, -0.15) is 0 Å². The third kappa shape index (κ3) is 3.37. The standard InChI is InChI=1S/C15H24N4O2S/c1-4-19-11(2)13(12(3)21)14(16-15(19)22)18-7-5-17(6-8-18)9-10-20/h20H,4-10H2,1-3H3/p+1. The highest BCUT2D eigenvalue weighted by Gasteiger charge is 2.25. The van der Waals surface area contributed by atoms with Gasteiger partial charge in [0.25, 0.3) is 0 Å². The summed E-state index contributed by atoms with van der Waals surface area (Å²) in [6, 6.07) is 0. The van der Waals surface area contributed by atoms with Gasteiger partial charge in [-0.25, -0.2) is 4.98 Å². The molecule has 1 aliphatic rings. The first-order valence-corrected chi connectivity index (χ1v) is 8.22. The minimum absolute atomic E-state index is 0.0299. The summed E-state index contributed by atoms with van der Waals surface area (Å²) < 4.78 is 2.44. The molecule has 2 heterocycles. The van der Waals surface area contributed by atoms with Crippen LogP contribution in [0.15, 0.2) is 0 Å². The molecular formula is C15H25N4O2S+. The fraction of sp³-hybridized carbons (Fsp3) is 0.667. The second kappa shape index (κ2) is 7.30. The predicted molar refractivity (Wildman–Crippen MR) is 88.3 cm³/mol. The molecule has 0 bridgehead atoms. The number of hydrogen-bond donors (Lipinski definition) is 2. The Hall–Kier alpha value is -1.31. The molecule has 0 amide bonds. The van der Waals surface area contributed by atoms with Crippen LogP contribution in [-0.4, -0.2) is 59.8 Å². The number of Topliss-reactive ketones (excluding diaryl/α,β-unsaturated/α-hetero) is 1. The van der Waals surface area contributed by atoms with E-state index >= 15 is 0 Å². The fourth-order valence-electron chi connectivity index (χ4n) is 3.10. The van der Waals surface area contributed by atoms with Crippen molar-refractivity contribution in [2.75, 3.05) is 44.2 Å². The Kier molecular flexibility index (Phi) is 5.66. The average Bonchev–Trinajstić information content (AvgIpc) is 2.47. The molecule has 6 nitrogen and oxygen atoms in total. The van der Waals surface area contributed by atoms with Gasteiger partial charge in [0.05, 0.1) is 38.3 Å². The summed E-state index contributed by atoms with van der Waals surface area (Å²) in [6.07, 6.45) is 0. The van der Waals surface area contributed by atoms with Gasteiger partial charge in [-0.15, -0.1) is 0 Å². The van der Waals surface area contributed by atoms with E-state index in [1.807, 2.05) is 18.4 Å². The number of ketones is 1. The maximum Gasteiger partial charge on any atom is 0.201 e. The first-order valence-electron chi connectivity index (χ1n) is 7.81. The molecule has 0 saturated carbocycles. The fourth-order valence-corrected chi connectivity index (χ4v) is 3.46. The summed E-state index contributed by atoms with van der Waals surface area (Å²) >= 11 is 5.38. The van der Waals surface area contributed by atoms with E-state index in [9.17, 15) is 4.79 Å². The van der Waals surface area contributed by atoms with Crippen LogP contribution in [0.4, 0.5) is 5.82 Å². The molecular weight excluding hydrogens is 300 g/mol. The van der Waals surface area contributed by atoms with Gasteiger partial charge in [-0.1, -0.05) is 0 Å². The SMILES string of the molecule is CCn1c(C)c(C(C)=O)c(N2CC[NH+](CCO)CC2)nc1=S. The molecule has 0 aliphatic carbocycles. The Balaban J connectivity index is 2.35. The largest absolute Gasteiger partial charge is 0.391 e. The molecule has 1 aliphatic heterocycles. The van der Waals surface area contributed by atoms with Gasteiger partial charge >= 0.3 is 0 Å². The second-order valence-corrected chi connectivity index (χ2v) is 6.05. The molecule has 0 unspecified atom stereocenters. The zero-order valence-electron chi connectivity index (χ0n) is 13.6. The maximum absolute atomic E-state index is 12.1. The van der Waals surface area contributed by atoms with E-state index in [4.69, 9.17) is 17.3 Å². The van der Waals surface area contributed by atoms with Crippen LogP contribution < -0.4 is 9.80 Å². The summed E-state index contributed by atoms with van der Waals surface area (Å²) in [5.41, 5.74) is 1.58. The predicted octanol–water partition coefficient (Wildman–Crippen LogP) is -0.159. The number of rotatable bonds is 5. The Morgan fingerprint density at radius 2 is 2.05 bits per heavy atom. The van der Waals surface area contributed by atoms with E-state index in [1.165, 1.54) is 4.90 Å². The zero-order valence-corrected chi connectivity index (χ0v) is 14.4. The number of aliphatic hydroxyl groups excluding tert-OH is 1. The molecule has 0 aromatic carbocycles. The highest BCUT2D eigenvalue weighted by molar-refractivity contribution is 7.71. The van der Waals surface area contributed by atoms with E-state index in [-0.39, 0.29) is 12.4 Å². The van der Waals surface area contributed by atoms with Gasteiger partial charge in [-0.3, -0.25) is 4.79 Å². The Bertz CT molecular complexity index is 606. The molecule has 1 aromatic rings. The smallest absolute Gasteiger partial charge is 0.201 e. The average molecular weight is 325 g/mol. The van der Waals surface area contributed by atoms with Crippen molar-refractivity contribution in [3.8, 4) is 0 Å². The molecule has 122 valence electrons. The second-order valence-electron chi connectivity index (χ2n) is 5.69. The number of hydrogen-bond acceptors (Lipinski definition) is 5. The first-order chi connectivity index (χ1) is 10.5. The molecule has 1 saturated heterocycles. The zero-order chi connectivity index (χ0) is 16.3. The highest BCUT2D eigenvalue weighted by Crippen LogP contribution is 2.22.